The summed E-state index contributed by atoms with van der Waals surface area (Å²) in [6.45, 7) is 3.25. The van der Waals surface area contributed by atoms with Crippen molar-refractivity contribution in [1.82, 2.24) is 0 Å². The fourth-order valence-corrected chi connectivity index (χ4v) is 0. The Balaban J connectivity index is -0.0000000450. The molecule has 0 aromatic heterocycles. The maximum absolute atomic E-state index is 9.24. The molecule has 0 heterocycles. The molecule has 0 bridgehead atoms. The van der Waals surface area contributed by atoms with Gasteiger partial charge in [-0.25, -0.2) is 0 Å². The maximum Gasteiger partial charge on any atom is 2.00 e. The molecule has 34 valence electrons. The average Bonchev–Trinajstić information content (AvgIpc) is 1.37. The molecule has 0 fully saturated rings. The predicted molar refractivity (Wildman–Crippen MR) is 20.6 cm³/mol. The molecule has 0 radical (unpaired) electrons. The standard InChI is InChI=1S/C3H6O.ClH.Mg/c1-2-3-4;;/h1-3H2;1H;/q-2;;+2/p-1. The minimum absolute atomic E-state index is 0. The Bertz CT molecular complexity index is 12.8. The number of hydrogen-bond donors (Lipinski definition) is 0. The minimum Gasteiger partial charge on any atom is -1.00 e. The van der Waals surface area contributed by atoms with Crippen molar-refractivity contribution in [1.29, 1.82) is 0 Å². The molecule has 0 aliphatic heterocycles. The Morgan fingerprint density at radius 1 is 1.50 bits per heavy atom. The van der Waals surface area contributed by atoms with Crippen LogP contribution in [0.5, 0.6) is 0 Å². The summed E-state index contributed by atoms with van der Waals surface area (Å²) in [7, 11) is 0. The largest absolute Gasteiger partial charge is 2.00 e. The van der Waals surface area contributed by atoms with Crippen molar-refractivity contribution in [3.8, 4) is 0 Å². The first-order chi connectivity index (χ1) is 1.91. The zero-order valence-electron chi connectivity index (χ0n) is 3.61. The molecule has 0 aliphatic rings. The SMILES string of the molecule is [CH2-]CC[O-].[Cl-].[Mg+2]. The van der Waals surface area contributed by atoms with Crippen molar-refractivity contribution in [3.63, 3.8) is 0 Å². The second-order valence-corrected chi connectivity index (χ2v) is 0.558. The molecule has 0 rings (SSSR count). The summed E-state index contributed by atoms with van der Waals surface area (Å²) in [6, 6.07) is 0. The van der Waals surface area contributed by atoms with E-state index in [9.17, 15) is 5.11 Å². The van der Waals surface area contributed by atoms with Crippen LogP contribution in [0, 0.1) is 6.92 Å². The van der Waals surface area contributed by atoms with Crippen LogP contribution in [0.15, 0.2) is 0 Å². The van der Waals surface area contributed by atoms with Gasteiger partial charge in [0, 0.05) is 0 Å². The van der Waals surface area contributed by atoms with Gasteiger partial charge in [-0.1, -0.05) is 0 Å². The molecule has 0 atom stereocenters. The summed E-state index contributed by atoms with van der Waals surface area (Å²) in [5, 5.41) is 9.24. The fourth-order valence-electron chi connectivity index (χ4n) is 0. The van der Waals surface area contributed by atoms with E-state index in [1.54, 1.807) is 0 Å². The van der Waals surface area contributed by atoms with Crippen LogP contribution in [-0.2, 0) is 0 Å². The fraction of sp³-hybridized carbons (Fsp3) is 0.667. The monoisotopic (exact) mass is 117 g/mol. The topological polar surface area (TPSA) is 23.1 Å². The minimum atomic E-state index is -0.0417. The summed E-state index contributed by atoms with van der Waals surface area (Å²) in [6.07, 6.45) is 0.514. The van der Waals surface area contributed by atoms with E-state index in [0.717, 1.165) is 0 Å². The van der Waals surface area contributed by atoms with Crippen molar-refractivity contribution >= 4 is 23.1 Å². The Labute approximate surface area is 60.7 Å². The molecular weight excluding hydrogens is 112 g/mol. The Morgan fingerprint density at radius 2 is 1.67 bits per heavy atom. The van der Waals surface area contributed by atoms with Gasteiger partial charge in [-0.3, -0.25) is 0 Å². The van der Waals surface area contributed by atoms with Gasteiger partial charge < -0.3 is 24.4 Å². The van der Waals surface area contributed by atoms with Crippen LogP contribution >= 0.6 is 0 Å². The Hall–Kier alpha value is 1.02. The van der Waals surface area contributed by atoms with Crippen molar-refractivity contribution < 1.29 is 17.5 Å². The van der Waals surface area contributed by atoms with E-state index in [2.05, 4.69) is 6.92 Å². The van der Waals surface area contributed by atoms with E-state index < -0.39 is 0 Å². The second kappa shape index (κ2) is 16.6. The molecule has 3 heteroatoms. The van der Waals surface area contributed by atoms with E-state index in [-0.39, 0.29) is 42.1 Å². The van der Waals surface area contributed by atoms with E-state index in [4.69, 9.17) is 0 Å². The normalized spacial score (nSPS) is 5.00. The molecule has 0 aromatic rings. The third-order valence-corrected chi connectivity index (χ3v) is 0.144. The predicted octanol–water partition coefficient (Wildman–Crippen LogP) is -3.81. The quantitative estimate of drug-likeness (QED) is 0.255. The zero-order chi connectivity index (χ0) is 3.41. The summed E-state index contributed by atoms with van der Waals surface area (Å²) >= 11 is 0. The van der Waals surface area contributed by atoms with Gasteiger partial charge in [0.15, 0.2) is 0 Å². The van der Waals surface area contributed by atoms with Crippen LogP contribution in [0.25, 0.3) is 0 Å². The van der Waals surface area contributed by atoms with Crippen LogP contribution in [0.2, 0.25) is 0 Å². The van der Waals surface area contributed by atoms with Crippen molar-refractivity contribution in [2.24, 2.45) is 0 Å². The van der Waals surface area contributed by atoms with Crippen LogP contribution in [0.3, 0.4) is 0 Å². The second-order valence-electron chi connectivity index (χ2n) is 0.558. The van der Waals surface area contributed by atoms with Gasteiger partial charge in [-0.05, 0) is 0 Å². The Morgan fingerprint density at radius 3 is 1.67 bits per heavy atom. The maximum atomic E-state index is 9.24. The molecule has 0 aliphatic carbocycles. The van der Waals surface area contributed by atoms with Crippen LogP contribution < -0.4 is 17.5 Å². The summed E-state index contributed by atoms with van der Waals surface area (Å²) in [4.78, 5) is 0. The van der Waals surface area contributed by atoms with Crippen molar-refractivity contribution in [2.75, 3.05) is 6.61 Å². The average molecular weight is 118 g/mol. The number of hydrogen-bond acceptors (Lipinski definition) is 1. The molecule has 0 N–H and O–H groups in total. The first kappa shape index (κ1) is 15.7. The summed E-state index contributed by atoms with van der Waals surface area (Å²) < 4.78 is 0. The summed E-state index contributed by atoms with van der Waals surface area (Å²) in [5.74, 6) is 0. The third-order valence-electron chi connectivity index (χ3n) is 0.144. The molecule has 0 aromatic carbocycles. The number of rotatable bonds is 1. The molecule has 0 spiro atoms. The van der Waals surface area contributed by atoms with Crippen molar-refractivity contribution in [2.45, 2.75) is 6.42 Å². The van der Waals surface area contributed by atoms with E-state index >= 15 is 0 Å². The van der Waals surface area contributed by atoms with Gasteiger partial charge in [0.2, 0.25) is 0 Å². The number of halogens is 1. The molecule has 6 heavy (non-hydrogen) atoms. The Kier molecular flexibility index (Phi) is 43.7. The smallest absolute Gasteiger partial charge is 1.00 e. The molecule has 0 amide bonds. The third kappa shape index (κ3) is 19.9. The van der Waals surface area contributed by atoms with Crippen LogP contribution in [-0.4, -0.2) is 29.7 Å². The van der Waals surface area contributed by atoms with Gasteiger partial charge in [0.1, 0.15) is 0 Å². The molecule has 1 nitrogen and oxygen atoms in total. The van der Waals surface area contributed by atoms with Gasteiger partial charge in [0.05, 0.1) is 0 Å². The van der Waals surface area contributed by atoms with Gasteiger partial charge >= 0.3 is 23.1 Å². The summed E-state index contributed by atoms with van der Waals surface area (Å²) in [5.41, 5.74) is 0. The first-order valence-electron chi connectivity index (χ1n) is 1.29. The molecular formula is C3H6ClMgO-. The van der Waals surface area contributed by atoms with Crippen LogP contribution in [0.4, 0.5) is 0 Å². The van der Waals surface area contributed by atoms with E-state index in [1.165, 1.54) is 0 Å². The van der Waals surface area contributed by atoms with E-state index in [1.807, 2.05) is 0 Å². The van der Waals surface area contributed by atoms with Crippen LogP contribution in [0.1, 0.15) is 6.42 Å². The van der Waals surface area contributed by atoms with Gasteiger partial charge in [-0.2, -0.15) is 13.0 Å². The van der Waals surface area contributed by atoms with E-state index in [0.29, 0.717) is 6.42 Å². The van der Waals surface area contributed by atoms with Crippen molar-refractivity contribution in [3.05, 3.63) is 6.92 Å². The zero-order valence-corrected chi connectivity index (χ0v) is 5.78. The molecule has 0 saturated carbocycles. The molecule has 0 unspecified atom stereocenters. The molecule has 0 saturated heterocycles. The van der Waals surface area contributed by atoms with Gasteiger partial charge in [0.25, 0.3) is 0 Å². The van der Waals surface area contributed by atoms with Gasteiger partial charge in [-0.15, -0.1) is 0 Å². The first-order valence-corrected chi connectivity index (χ1v) is 1.29.